The maximum absolute atomic E-state index is 12.7. The first-order chi connectivity index (χ1) is 8.38. The second-order valence-electron chi connectivity index (χ2n) is 6.93. The highest BCUT2D eigenvalue weighted by Crippen LogP contribution is 2.51. The second-order valence-corrected chi connectivity index (χ2v) is 6.93. The highest BCUT2D eigenvalue weighted by molar-refractivity contribution is 6.06. The molecule has 0 aromatic heterocycles. The average Bonchev–Trinajstić information content (AvgIpc) is 2.84. The molecule has 18 heavy (non-hydrogen) atoms. The number of carbonyl (C=O) groups excluding carboxylic acids is 2. The van der Waals surface area contributed by atoms with E-state index in [1.807, 2.05) is 0 Å². The molecule has 0 radical (unpaired) electrons. The zero-order chi connectivity index (χ0) is 13.5. The number of Topliss-reactive ketones (excluding diaryl/α,β-unsaturated/α-hetero) is 2. The van der Waals surface area contributed by atoms with Crippen molar-refractivity contribution in [1.29, 1.82) is 0 Å². The highest BCUT2D eigenvalue weighted by Gasteiger charge is 2.51. The van der Waals surface area contributed by atoms with Crippen molar-refractivity contribution in [2.45, 2.75) is 59.8 Å². The Hall–Kier alpha value is -0.660. The third-order valence-electron chi connectivity index (χ3n) is 5.68. The summed E-state index contributed by atoms with van der Waals surface area (Å²) in [7, 11) is 0. The summed E-state index contributed by atoms with van der Waals surface area (Å²) in [5, 5.41) is 0. The van der Waals surface area contributed by atoms with Gasteiger partial charge in [0.1, 0.15) is 11.6 Å². The Labute approximate surface area is 111 Å². The molecule has 2 heteroatoms. The van der Waals surface area contributed by atoms with Crippen LogP contribution in [0.2, 0.25) is 0 Å². The number of rotatable bonds is 3. The van der Waals surface area contributed by atoms with Crippen LogP contribution >= 0.6 is 0 Å². The van der Waals surface area contributed by atoms with E-state index in [4.69, 9.17) is 0 Å². The van der Waals surface area contributed by atoms with Crippen LogP contribution in [-0.4, -0.2) is 11.6 Å². The fourth-order valence-corrected chi connectivity index (χ4v) is 4.17. The van der Waals surface area contributed by atoms with Crippen LogP contribution in [0.1, 0.15) is 59.8 Å². The summed E-state index contributed by atoms with van der Waals surface area (Å²) in [6, 6.07) is 0. The first kappa shape index (κ1) is 13.8. The van der Waals surface area contributed by atoms with Gasteiger partial charge in [-0.1, -0.05) is 27.7 Å². The molecular weight excluding hydrogens is 224 g/mol. The Morgan fingerprint density at radius 2 is 2.00 bits per heavy atom. The van der Waals surface area contributed by atoms with Crippen molar-refractivity contribution in [3.63, 3.8) is 0 Å². The van der Waals surface area contributed by atoms with Gasteiger partial charge in [0, 0.05) is 11.8 Å². The quantitative estimate of drug-likeness (QED) is 0.717. The van der Waals surface area contributed by atoms with E-state index in [2.05, 4.69) is 27.7 Å². The molecule has 2 rings (SSSR count). The van der Waals surface area contributed by atoms with Gasteiger partial charge in [-0.25, -0.2) is 0 Å². The first-order valence-corrected chi connectivity index (χ1v) is 7.45. The molecule has 0 aromatic carbocycles. The molecule has 2 nitrogen and oxygen atoms in total. The number of carbonyl (C=O) groups is 2. The van der Waals surface area contributed by atoms with E-state index >= 15 is 0 Å². The van der Waals surface area contributed by atoms with E-state index in [9.17, 15) is 9.59 Å². The molecule has 0 saturated heterocycles. The van der Waals surface area contributed by atoms with E-state index in [0.717, 1.165) is 25.7 Å². The Morgan fingerprint density at radius 1 is 1.33 bits per heavy atom. The van der Waals surface area contributed by atoms with Gasteiger partial charge < -0.3 is 0 Å². The topological polar surface area (TPSA) is 34.1 Å². The molecule has 0 bridgehead atoms. The summed E-state index contributed by atoms with van der Waals surface area (Å²) >= 11 is 0. The minimum absolute atomic E-state index is 0.196. The lowest BCUT2D eigenvalue weighted by molar-refractivity contribution is -0.138. The molecule has 0 aliphatic heterocycles. The van der Waals surface area contributed by atoms with E-state index in [0.29, 0.717) is 24.2 Å². The van der Waals surface area contributed by atoms with Crippen LogP contribution in [0.25, 0.3) is 0 Å². The molecule has 0 spiro atoms. The molecule has 2 aliphatic carbocycles. The fourth-order valence-electron chi connectivity index (χ4n) is 4.17. The van der Waals surface area contributed by atoms with Crippen molar-refractivity contribution in [2.75, 3.05) is 0 Å². The molecule has 2 fully saturated rings. The van der Waals surface area contributed by atoms with Crippen molar-refractivity contribution < 1.29 is 9.59 Å². The van der Waals surface area contributed by atoms with E-state index in [1.54, 1.807) is 0 Å². The maximum Gasteiger partial charge on any atom is 0.149 e. The van der Waals surface area contributed by atoms with Gasteiger partial charge in [-0.2, -0.15) is 0 Å². The van der Waals surface area contributed by atoms with E-state index in [-0.39, 0.29) is 22.9 Å². The normalized spacial score (nSPS) is 40.7. The lowest BCUT2D eigenvalue weighted by atomic mass is 9.69. The van der Waals surface area contributed by atoms with E-state index < -0.39 is 0 Å². The van der Waals surface area contributed by atoms with Crippen LogP contribution in [-0.2, 0) is 9.59 Å². The van der Waals surface area contributed by atoms with Crippen molar-refractivity contribution in [3.8, 4) is 0 Å². The molecular formula is C16H26O2. The average molecular weight is 250 g/mol. The van der Waals surface area contributed by atoms with Crippen LogP contribution in [0.5, 0.6) is 0 Å². The summed E-state index contributed by atoms with van der Waals surface area (Å²) < 4.78 is 0. The smallest absolute Gasteiger partial charge is 0.149 e. The predicted octanol–water partition coefficient (Wildman–Crippen LogP) is 3.63. The molecule has 4 atom stereocenters. The lowest BCUT2D eigenvalue weighted by Crippen LogP contribution is -2.38. The van der Waals surface area contributed by atoms with Gasteiger partial charge in [0.15, 0.2) is 0 Å². The van der Waals surface area contributed by atoms with Gasteiger partial charge >= 0.3 is 0 Å². The third-order valence-corrected chi connectivity index (χ3v) is 5.68. The van der Waals surface area contributed by atoms with Crippen molar-refractivity contribution in [1.82, 2.24) is 0 Å². The van der Waals surface area contributed by atoms with Gasteiger partial charge in [0.25, 0.3) is 0 Å². The van der Waals surface area contributed by atoms with E-state index in [1.165, 1.54) is 0 Å². The zero-order valence-electron chi connectivity index (χ0n) is 12.2. The van der Waals surface area contributed by atoms with Crippen molar-refractivity contribution >= 4 is 11.6 Å². The Bertz CT molecular complexity index is 358. The second kappa shape index (κ2) is 4.79. The fraction of sp³-hybridized carbons (Fsp3) is 0.875. The summed E-state index contributed by atoms with van der Waals surface area (Å²) in [5.74, 6) is 1.85. The summed E-state index contributed by atoms with van der Waals surface area (Å²) in [4.78, 5) is 24.6. The molecule has 102 valence electrons. The van der Waals surface area contributed by atoms with Crippen LogP contribution in [0, 0.1) is 29.1 Å². The summed E-state index contributed by atoms with van der Waals surface area (Å²) in [5.41, 5.74) is -0.250. The molecule has 2 aliphatic rings. The Kier molecular flexibility index (Phi) is 3.66. The van der Waals surface area contributed by atoms with Crippen LogP contribution < -0.4 is 0 Å². The van der Waals surface area contributed by atoms with Crippen LogP contribution in [0.15, 0.2) is 0 Å². The minimum Gasteiger partial charge on any atom is -0.299 e. The van der Waals surface area contributed by atoms with Gasteiger partial charge in [-0.05, 0) is 43.4 Å². The van der Waals surface area contributed by atoms with Gasteiger partial charge in [0.05, 0.1) is 5.92 Å². The molecule has 2 saturated carbocycles. The molecule has 0 N–H and O–H groups in total. The standard InChI is InChI=1S/C16H26O2/c1-10(2)12-8-9-16(4,11(12)3)15(18)13-6-5-7-14(13)17/h10-13H,5-9H2,1-4H3. The Morgan fingerprint density at radius 3 is 2.44 bits per heavy atom. The predicted molar refractivity (Wildman–Crippen MR) is 72.2 cm³/mol. The van der Waals surface area contributed by atoms with Gasteiger partial charge in [-0.3, -0.25) is 9.59 Å². The molecule has 0 heterocycles. The van der Waals surface area contributed by atoms with Crippen molar-refractivity contribution in [3.05, 3.63) is 0 Å². The molecule has 0 amide bonds. The number of ketones is 2. The van der Waals surface area contributed by atoms with Crippen molar-refractivity contribution in [2.24, 2.45) is 29.1 Å². The summed E-state index contributed by atoms with van der Waals surface area (Å²) in [6.45, 7) is 8.82. The number of hydrogen-bond donors (Lipinski definition) is 0. The minimum atomic E-state index is -0.275. The monoisotopic (exact) mass is 250 g/mol. The maximum atomic E-state index is 12.7. The zero-order valence-corrected chi connectivity index (χ0v) is 12.2. The third kappa shape index (κ3) is 2.04. The Balaban J connectivity index is 2.17. The van der Waals surface area contributed by atoms with Gasteiger partial charge in [-0.15, -0.1) is 0 Å². The highest BCUT2D eigenvalue weighted by atomic mass is 16.2. The van der Waals surface area contributed by atoms with Crippen LogP contribution in [0.4, 0.5) is 0 Å². The van der Waals surface area contributed by atoms with Crippen LogP contribution in [0.3, 0.4) is 0 Å². The molecule has 4 unspecified atom stereocenters. The number of hydrogen-bond acceptors (Lipinski definition) is 2. The first-order valence-electron chi connectivity index (χ1n) is 7.45. The largest absolute Gasteiger partial charge is 0.299 e. The van der Waals surface area contributed by atoms with Gasteiger partial charge in [0.2, 0.25) is 0 Å². The lowest BCUT2D eigenvalue weighted by Gasteiger charge is -2.33. The molecule has 0 aromatic rings. The SMILES string of the molecule is CC(C)C1CCC(C)(C(=O)C2CCCC2=O)C1C. The summed E-state index contributed by atoms with van der Waals surface area (Å²) in [6.07, 6.45) is 4.44.